The van der Waals surface area contributed by atoms with E-state index in [2.05, 4.69) is 100 Å². The summed E-state index contributed by atoms with van der Waals surface area (Å²) < 4.78 is 0. The molecule has 1 N–H and O–H groups in total. The summed E-state index contributed by atoms with van der Waals surface area (Å²) in [5, 5.41) is 4.34. The maximum absolute atomic E-state index is 6.38. The van der Waals surface area contributed by atoms with E-state index in [0.29, 0.717) is 0 Å². The third-order valence-corrected chi connectivity index (χ3v) is 4.51. The van der Waals surface area contributed by atoms with Gasteiger partial charge in [0, 0.05) is 12.2 Å². The van der Waals surface area contributed by atoms with Gasteiger partial charge < -0.3 is 10.2 Å². The second-order valence-corrected chi connectivity index (χ2v) is 7.08. The zero-order valence-electron chi connectivity index (χ0n) is 19.0. The molecule has 29 heavy (non-hydrogen) atoms. The molecule has 2 aromatic rings. The fourth-order valence-electron chi connectivity index (χ4n) is 2.96. The van der Waals surface area contributed by atoms with Crippen LogP contribution in [0.3, 0.4) is 0 Å². The second-order valence-electron chi connectivity index (χ2n) is 6.68. The highest BCUT2D eigenvalue weighted by Gasteiger charge is 2.23. The van der Waals surface area contributed by atoms with Crippen molar-refractivity contribution in [2.45, 2.75) is 60.0 Å². The molecule has 0 aliphatic carbocycles. The highest BCUT2D eigenvalue weighted by molar-refractivity contribution is 6.33. The standard InChI is InChI=1S/C18H21ClN2.C3H8.C3H6.C2H4/c1-3-14-8-9-17(16(19)12-14)20-13(2)21-11-10-15-6-4-5-7-18(15)21;2*1-3-2;1-2/h4-9,12-13,20H,3,10-11H2,1-2H3;3H2,1-2H3;3H,1H2,2H3;1-2H2. The minimum atomic E-state index is 0.221. The number of allylic oxidation sites excluding steroid dienone is 1. The maximum atomic E-state index is 6.38. The van der Waals surface area contributed by atoms with Crippen molar-refractivity contribution in [3.8, 4) is 0 Å². The van der Waals surface area contributed by atoms with E-state index in [1.807, 2.05) is 6.92 Å². The lowest BCUT2D eigenvalue weighted by molar-refractivity contribution is 0.723. The van der Waals surface area contributed by atoms with Gasteiger partial charge >= 0.3 is 0 Å². The molecule has 1 aliphatic rings. The molecule has 1 heterocycles. The number of aryl methyl sites for hydroxylation is 1. The van der Waals surface area contributed by atoms with E-state index in [4.69, 9.17) is 11.6 Å². The molecular weight excluding hydrogens is 376 g/mol. The summed E-state index contributed by atoms with van der Waals surface area (Å²) in [6.45, 7) is 20.9. The van der Waals surface area contributed by atoms with Crippen molar-refractivity contribution in [2.75, 3.05) is 16.8 Å². The molecule has 0 saturated carbocycles. The van der Waals surface area contributed by atoms with E-state index in [-0.39, 0.29) is 6.17 Å². The number of fused-ring (bicyclic) bond motifs is 1. The van der Waals surface area contributed by atoms with Gasteiger partial charge in [-0.25, -0.2) is 0 Å². The molecule has 0 saturated heterocycles. The number of halogens is 1. The predicted molar refractivity (Wildman–Crippen MR) is 134 cm³/mol. The van der Waals surface area contributed by atoms with Crippen LogP contribution in [0.2, 0.25) is 5.02 Å². The summed E-state index contributed by atoms with van der Waals surface area (Å²) in [7, 11) is 0. The smallest absolute Gasteiger partial charge is 0.0961 e. The number of nitrogens with zero attached hydrogens (tertiary/aromatic N) is 1. The van der Waals surface area contributed by atoms with Crippen LogP contribution in [0.5, 0.6) is 0 Å². The van der Waals surface area contributed by atoms with Gasteiger partial charge in [0.05, 0.1) is 16.9 Å². The fourth-order valence-corrected chi connectivity index (χ4v) is 3.22. The molecule has 1 atom stereocenters. The van der Waals surface area contributed by atoms with E-state index >= 15 is 0 Å². The van der Waals surface area contributed by atoms with Crippen LogP contribution in [0.15, 0.2) is 68.3 Å². The van der Waals surface area contributed by atoms with Crippen molar-refractivity contribution in [3.05, 3.63) is 84.4 Å². The molecule has 3 rings (SSSR count). The average molecular weight is 415 g/mol. The highest BCUT2D eigenvalue weighted by Crippen LogP contribution is 2.31. The Bertz CT molecular complexity index is 712. The van der Waals surface area contributed by atoms with Crippen LogP contribution in [-0.4, -0.2) is 12.7 Å². The van der Waals surface area contributed by atoms with Crippen LogP contribution in [0.25, 0.3) is 0 Å². The average Bonchev–Trinajstić information content (AvgIpc) is 3.16. The Morgan fingerprint density at radius 2 is 1.72 bits per heavy atom. The molecule has 1 unspecified atom stereocenters. The van der Waals surface area contributed by atoms with Crippen molar-refractivity contribution in [3.63, 3.8) is 0 Å². The molecule has 0 aromatic heterocycles. The molecule has 0 fully saturated rings. The van der Waals surface area contributed by atoms with Crippen molar-refractivity contribution >= 4 is 23.0 Å². The molecule has 0 amide bonds. The van der Waals surface area contributed by atoms with Gasteiger partial charge in [-0.3, -0.25) is 0 Å². The van der Waals surface area contributed by atoms with Crippen LogP contribution < -0.4 is 10.2 Å². The van der Waals surface area contributed by atoms with Crippen molar-refractivity contribution in [1.29, 1.82) is 0 Å². The summed E-state index contributed by atoms with van der Waals surface area (Å²) in [6, 6.07) is 14.9. The number of hydrogen-bond donors (Lipinski definition) is 1. The third-order valence-electron chi connectivity index (χ3n) is 4.20. The molecule has 0 bridgehead atoms. The van der Waals surface area contributed by atoms with E-state index in [1.165, 1.54) is 23.2 Å². The van der Waals surface area contributed by atoms with E-state index in [9.17, 15) is 0 Å². The summed E-state index contributed by atoms with van der Waals surface area (Å²) >= 11 is 6.38. The minimum absolute atomic E-state index is 0.221. The Labute approximate surface area is 184 Å². The van der Waals surface area contributed by atoms with E-state index in [1.54, 1.807) is 6.08 Å². The van der Waals surface area contributed by atoms with Crippen LogP contribution in [0.4, 0.5) is 11.4 Å². The zero-order valence-corrected chi connectivity index (χ0v) is 19.7. The number of anilines is 2. The Hall–Kier alpha value is -2.19. The minimum Gasteiger partial charge on any atom is -0.364 e. The summed E-state index contributed by atoms with van der Waals surface area (Å²) in [6.07, 6.45) is 5.35. The molecular formula is C26H39ClN2. The Kier molecular flexibility index (Phi) is 14.5. The number of hydrogen-bond acceptors (Lipinski definition) is 2. The number of benzene rings is 2. The van der Waals surface area contributed by atoms with Crippen molar-refractivity contribution < 1.29 is 0 Å². The van der Waals surface area contributed by atoms with Crippen LogP contribution in [0.1, 0.15) is 52.2 Å². The molecule has 2 aromatic carbocycles. The number of nitrogens with one attached hydrogen (secondary N) is 1. The third kappa shape index (κ3) is 8.79. The first-order chi connectivity index (χ1) is 14.0. The molecule has 160 valence electrons. The highest BCUT2D eigenvalue weighted by atomic mass is 35.5. The lowest BCUT2D eigenvalue weighted by atomic mass is 10.1. The normalized spacial score (nSPS) is 12.0. The van der Waals surface area contributed by atoms with Crippen LogP contribution in [0, 0.1) is 0 Å². The lowest BCUT2D eigenvalue weighted by Crippen LogP contribution is -2.37. The lowest BCUT2D eigenvalue weighted by Gasteiger charge is -2.29. The molecule has 0 radical (unpaired) electrons. The molecule has 1 aliphatic heterocycles. The van der Waals surface area contributed by atoms with Crippen molar-refractivity contribution in [1.82, 2.24) is 0 Å². The molecule has 3 heteroatoms. The zero-order chi connectivity index (χ0) is 22.2. The van der Waals surface area contributed by atoms with Gasteiger partial charge in [-0.05, 0) is 56.0 Å². The fraction of sp³-hybridized carbons (Fsp3) is 0.385. The summed E-state index contributed by atoms with van der Waals surface area (Å²) in [5.74, 6) is 0. The van der Waals surface area contributed by atoms with Crippen molar-refractivity contribution in [2.24, 2.45) is 0 Å². The van der Waals surface area contributed by atoms with Gasteiger partial charge in [0.1, 0.15) is 0 Å². The first-order valence-electron chi connectivity index (χ1n) is 10.5. The Morgan fingerprint density at radius 3 is 2.28 bits per heavy atom. The van der Waals surface area contributed by atoms with Gasteiger partial charge in [0.2, 0.25) is 0 Å². The number of rotatable bonds is 4. The summed E-state index contributed by atoms with van der Waals surface area (Å²) in [5.41, 5.74) is 5.04. The van der Waals surface area contributed by atoms with Crippen LogP contribution >= 0.6 is 11.6 Å². The van der Waals surface area contributed by atoms with Gasteiger partial charge in [0.25, 0.3) is 0 Å². The molecule has 0 spiro atoms. The first-order valence-corrected chi connectivity index (χ1v) is 10.9. The Balaban J connectivity index is 0.000000858. The van der Waals surface area contributed by atoms with E-state index < -0.39 is 0 Å². The van der Waals surface area contributed by atoms with Gasteiger partial charge in [0.15, 0.2) is 0 Å². The largest absolute Gasteiger partial charge is 0.364 e. The second kappa shape index (κ2) is 15.7. The topological polar surface area (TPSA) is 15.3 Å². The Morgan fingerprint density at radius 1 is 1.14 bits per heavy atom. The monoisotopic (exact) mass is 414 g/mol. The number of para-hydroxylation sites is 1. The van der Waals surface area contributed by atoms with E-state index in [0.717, 1.165) is 30.1 Å². The van der Waals surface area contributed by atoms with Crippen LogP contribution in [-0.2, 0) is 12.8 Å². The maximum Gasteiger partial charge on any atom is 0.0961 e. The first kappa shape index (κ1) is 26.8. The van der Waals surface area contributed by atoms with Gasteiger partial charge in [-0.2, -0.15) is 0 Å². The predicted octanol–water partition coefficient (Wildman–Crippen LogP) is 8.13. The molecule has 2 nitrogen and oxygen atoms in total. The summed E-state index contributed by atoms with van der Waals surface area (Å²) in [4.78, 5) is 2.40. The quantitative estimate of drug-likeness (QED) is 0.508. The van der Waals surface area contributed by atoms with Gasteiger partial charge in [-0.1, -0.05) is 69.1 Å². The SMILES string of the molecule is C=C.C=CC.CCC.CCc1ccc(NC(C)N2CCc3ccccc32)c(Cl)c1. The van der Waals surface area contributed by atoms with Gasteiger partial charge in [-0.15, -0.1) is 19.7 Å².